The van der Waals surface area contributed by atoms with Crippen molar-refractivity contribution in [1.82, 2.24) is 5.32 Å². The van der Waals surface area contributed by atoms with E-state index in [0.717, 1.165) is 25.1 Å². The molecule has 1 atom stereocenters. The minimum atomic E-state index is -1.71. The number of halogens is 2. The first kappa shape index (κ1) is 26.9. The molecule has 3 aromatic carbocycles. The minimum Gasteiger partial charge on any atom is -0.507 e. The third-order valence-corrected chi connectivity index (χ3v) is 7.52. The molecular formula is C30H25F2NO7. The van der Waals surface area contributed by atoms with E-state index in [-0.39, 0.29) is 40.3 Å². The molecule has 0 fully saturated rings. The zero-order valence-corrected chi connectivity index (χ0v) is 22.1. The fraction of sp³-hybridized carbons (Fsp3) is 0.233. The van der Waals surface area contributed by atoms with E-state index in [1.165, 1.54) is 20.1 Å². The molecule has 2 aliphatic rings. The lowest BCUT2D eigenvalue weighted by Gasteiger charge is -2.27. The van der Waals surface area contributed by atoms with Gasteiger partial charge < -0.3 is 25.0 Å². The number of phenols is 1. The Morgan fingerprint density at radius 1 is 1.15 bits per heavy atom. The second kappa shape index (κ2) is 9.48. The van der Waals surface area contributed by atoms with Gasteiger partial charge in [0.15, 0.2) is 29.0 Å². The number of allylic oxidation sites excluding steroid dienone is 3. The Morgan fingerprint density at radius 3 is 2.50 bits per heavy atom. The van der Waals surface area contributed by atoms with Crippen molar-refractivity contribution in [3.05, 3.63) is 87.4 Å². The van der Waals surface area contributed by atoms with Gasteiger partial charge in [0.25, 0.3) is 5.91 Å². The molecular weight excluding hydrogens is 524 g/mol. The van der Waals surface area contributed by atoms with Crippen molar-refractivity contribution in [3.63, 3.8) is 0 Å². The summed E-state index contributed by atoms with van der Waals surface area (Å²) in [5, 5.41) is 24.5. The molecule has 3 N–H and O–H groups in total. The van der Waals surface area contributed by atoms with Crippen molar-refractivity contribution in [2.45, 2.75) is 39.2 Å². The summed E-state index contributed by atoms with van der Waals surface area (Å²) in [6.45, 7) is 4.20. The van der Waals surface area contributed by atoms with Crippen LogP contribution in [0.4, 0.5) is 8.78 Å². The summed E-state index contributed by atoms with van der Waals surface area (Å²) >= 11 is 0. The molecule has 1 aliphatic carbocycles. The largest absolute Gasteiger partial charge is 0.507 e. The predicted molar refractivity (Wildman–Crippen MR) is 140 cm³/mol. The molecule has 1 amide bonds. The average Bonchev–Trinajstić information content (AvgIpc) is 3.22. The number of hydrogen-bond donors (Lipinski definition) is 3. The first-order valence-corrected chi connectivity index (χ1v) is 12.5. The Hall–Kier alpha value is -4.73. The molecule has 3 aromatic rings. The van der Waals surface area contributed by atoms with Crippen LogP contribution in [0.2, 0.25) is 0 Å². The highest BCUT2D eigenvalue weighted by atomic mass is 19.2. The lowest BCUT2D eigenvalue weighted by molar-refractivity contribution is -0.123. The summed E-state index contributed by atoms with van der Waals surface area (Å²) in [5.41, 5.74) is -1.33. The first-order chi connectivity index (χ1) is 18.9. The second-order valence-electron chi connectivity index (χ2n) is 9.76. The third kappa shape index (κ3) is 3.74. The van der Waals surface area contributed by atoms with E-state index in [1.54, 1.807) is 12.1 Å². The standard InChI is InChI=1S/C30H25F2NO7/c1-5-14-6-7-15-8-9-17(31)26(32)23(15)16(14)12-33-29(38)24-20(39-4)10-19(36)25-27(24)40-21-11-18(35)22(13(2)34)28(37)30(21,25)3/h6-11,35-36H,5,12H2,1-4H3,(H,33,38)/t30-/m1/s1. The van der Waals surface area contributed by atoms with Gasteiger partial charge in [0.1, 0.15) is 39.6 Å². The van der Waals surface area contributed by atoms with E-state index in [4.69, 9.17) is 9.47 Å². The summed E-state index contributed by atoms with van der Waals surface area (Å²) in [6, 6.07) is 7.09. The number of phenolic OH excluding ortho intramolecular Hbond substituents is 1. The molecule has 8 nitrogen and oxygen atoms in total. The molecule has 0 saturated carbocycles. The Bertz CT molecular complexity index is 1720. The lowest BCUT2D eigenvalue weighted by Crippen LogP contribution is -2.38. The molecule has 1 aliphatic heterocycles. The minimum absolute atomic E-state index is 0.0476. The quantitative estimate of drug-likeness (QED) is 0.376. The molecule has 40 heavy (non-hydrogen) atoms. The average molecular weight is 550 g/mol. The van der Waals surface area contributed by atoms with Crippen LogP contribution in [0.5, 0.6) is 17.2 Å². The van der Waals surface area contributed by atoms with E-state index < -0.39 is 51.6 Å². The number of aliphatic hydroxyl groups is 1. The summed E-state index contributed by atoms with van der Waals surface area (Å²) in [6.07, 6.45) is 1.59. The fourth-order valence-corrected chi connectivity index (χ4v) is 5.47. The molecule has 206 valence electrons. The van der Waals surface area contributed by atoms with Crippen LogP contribution in [0.15, 0.2) is 53.5 Å². The smallest absolute Gasteiger partial charge is 0.259 e. The summed E-state index contributed by atoms with van der Waals surface area (Å²) in [5.74, 6) is -5.66. The van der Waals surface area contributed by atoms with E-state index in [0.29, 0.717) is 22.9 Å². The predicted octanol–water partition coefficient (Wildman–Crippen LogP) is 4.84. The Balaban J connectivity index is 1.61. The number of rotatable bonds is 6. The first-order valence-electron chi connectivity index (χ1n) is 12.5. The number of nitrogens with one attached hydrogen (secondary N) is 1. The number of benzene rings is 3. The molecule has 10 heteroatoms. The number of ketones is 2. The van der Waals surface area contributed by atoms with Crippen molar-refractivity contribution in [2.24, 2.45) is 0 Å². The molecule has 0 spiro atoms. The van der Waals surface area contributed by atoms with Gasteiger partial charge in [-0.2, -0.15) is 0 Å². The third-order valence-electron chi connectivity index (χ3n) is 7.52. The highest BCUT2D eigenvalue weighted by molar-refractivity contribution is 6.25. The van der Waals surface area contributed by atoms with Crippen LogP contribution >= 0.6 is 0 Å². The maximum Gasteiger partial charge on any atom is 0.259 e. The lowest BCUT2D eigenvalue weighted by atomic mass is 9.71. The summed E-state index contributed by atoms with van der Waals surface area (Å²) in [4.78, 5) is 39.2. The number of fused-ring (bicyclic) bond motifs is 4. The maximum atomic E-state index is 14.9. The Kier molecular flexibility index (Phi) is 6.36. The number of Topliss-reactive ketones (excluding diaryl/α,β-unsaturated/α-hetero) is 2. The van der Waals surface area contributed by atoms with Crippen molar-refractivity contribution in [2.75, 3.05) is 7.11 Å². The molecule has 5 rings (SSSR count). The fourth-order valence-electron chi connectivity index (χ4n) is 5.47. The highest BCUT2D eigenvalue weighted by Gasteiger charge is 2.55. The van der Waals surface area contributed by atoms with Gasteiger partial charge in [-0.25, -0.2) is 8.78 Å². The number of aliphatic hydroxyl groups excluding tert-OH is 1. The molecule has 0 unspecified atom stereocenters. The van der Waals surface area contributed by atoms with E-state index >= 15 is 0 Å². The molecule has 0 aromatic heterocycles. The van der Waals surface area contributed by atoms with Crippen LogP contribution in [0.1, 0.15) is 47.8 Å². The van der Waals surface area contributed by atoms with Crippen LogP contribution in [-0.2, 0) is 28.0 Å². The highest BCUT2D eigenvalue weighted by Crippen LogP contribution is 2.56. The molecule has 0 radical (unpaired) electrons. The summed E-state index contributed by atoms with van der Waals surface area (Å²) < 4.78 is 40.3. The topological polar surface area (TPSA) is 122 Å². The number of aryl methyl sites for hydroxylation is 1. The van der Waals surface area contributed by atoms with Crippen LogP contribution in [-0.4, -0.2) is 34.8 Å². The van der Waals surface area contributed by atoms with E-state index in [2.05, 4.69) is 5.32 Å². The van der Waals surface area contributed by atoms with Gasteiger partial charge in [-0.1, -0.05) is 25.1 Å². The number of methoxy groups -OCH3 is 1. The van der Waals surface area contributed by atoms with Gasteiger partial charge in [-0.15, -0.1) is 0 Å². The monoisotopic (exact) mass is 549 g/mol. The van der Waals surface area contributed by atoms with Gasteiger partial charge in [-0.05, 0) is 42.8 Å². The number of aromatic hydroxyl groups is 1. The van der Waals surface area contributed by atoms with Crippen molar-refractivity contribution in [3.8, 4) is 17.2 Å². The Morgan fingerprint density at radius 2 is 1.85 bits per heavy atom. The van der Waals surface area contributed by atoms with Crippen LogP contribution in [0, 0.1) is 11.6 Å². The van der Waals surface area contributed by atoms with Crippen LogP contribution in [0.25, 0.3) is 10.8 Å². The van der Waals surface area contributed by atoms with Gasteiger partial charge in [0.05, 0.1) is 12.7 Å². The zero-order chi connectivity index (χ0) is 29.1. The van der Waals surface area contributed by atoms with E-state index in [9.17, 15) is 33.4 Å². The number of carbonyl (C=O) groups excluding carboxylic acids is 3. The normalized spacial score (nSPS) is 17.8. The SMILES string of the molecule is CCc1ccc2ccc(F)c(F)c2c1CNC(=O)c1c(OC)cc(O)c2c1OC1=CC(O)=C(C(C)=O)C(=O)[C@]12C. The van der Waals surface area contributed by atoms with Crippen LogP contribution < -0.4 is 14.8 Å². The molecule has 0 bridgehead atoms. The summed E-state index contributed by atoms with van der Waals surface area (Å²) in [7, 11) is 1.27. The number of amides is 1. The maximum absolute atomic E-state index is 14.9. The second-order valence-corrected chi connectivity index (χ2v) is 9.76. The Labute approximate surface area is 227 Å². The van der Waals surface area contributed by atoms with Crippen LogP contribution in [0.3, 0.4) is 0 Å². The zero-order valence-electron chi connectivity index (χ0n) is 22.1. The van der Waals surface area contributed by atoms with Gasteiger partial charge >= 0.3 is 0 Å². The number of ether oxygens (including phenoxy) is 2. The van der Waals surface area contributed by atoms with Gasteiger partial charge in [0, 0.05) is 24.1 Å². The number of carbonyl (C=O) groups is 3. The van der Waals surface area contributed by atoms with Crippen molar-refractivity contribution in [1.29, 1.82) is 0 Å². The number of hydrogen-bond acceptors (Lipinski definition) is 7. The van der Waals surface area contributed by atoms with E-state index in [1.807, 2.05) is 6.92 Å². The van der Waals surface area contributed by atoms with Gasteiger partial charge in [0.2, 0.25) is 0 Å². The van der Waals surface area contributed by atoms with Crippen molar-refractivity contribution >= 4 is 28.2 Å². The van der Waals surface area contributed by atoms with Crippen molar-refractivity contribution < 1.29 is 42.9 Å². The van der Waals surface area contributed by atoms with Gasteiger partial charge in [-0.3, -0.25) is 14.4 Å². The molecule has 1 heterocycles. The molecule has 0 saturated heterocycles.